The maximum Gasteiger partial charge on any atom is 0.373 e. The van der Waals surface area contributed by atoms with Gasteiger partial charge in [0.15, 0.2) is 0 Å². The number of rotatable bonds is 4. The van der Waals surface area contributed by atoms with Crippen LogP contribution in [0.4, 0.5) is 0 Å². The van der Waals surface area contributed by atoms with Gasteiger partial charge in [-0.2, -0.15) is 0 Å². The first-order valence-electron chi connectivity index (χ1n) is 3.66. The van der Waals surface area contributed by atoms with E-state index in [0.717, 1.165) is 6.08 Å². The third kappa shape index (κ3) is 4.15. The predicted molar refractivity (Wildman–Crippen MR) is 43.7 cm³/mol. The number of hydrogen-bond acceptors (Lipinski definition) is 5. The fourth-order valence-electron chi connectivity index (χ4n) is 0.582. The van der Waals surface area contributed by atoms with E-state index in [-0.39, 0.29) is 12.4 Å². The van der Waals surface area contributed by atoms with Crippen molar-refractivity contribution in [1.82, 2.24) is 0 Å². The van der Waals surface area contributed by atoms with Crippen LogP contribution >= 0.6 is 0 Å². The quantitative estimate of drug-likeness (QED) is 0.359. The van der Waals surface area contributed by atoms with Crippen LogP contribution in [0.1, 0.15) is 6.92 Å². The third-order valence-corrected chi connectivity index (χ3v) is 1.14. The average Bonchev–Trinajstić information content (AvgIpc) is 2.15. The van der Waals surface area contributed by atoms with Crippen LogP contribution in [-0.4, -0.2) is 32.8 Å². The van der Waals surface area contributed by atoms with Crippen LogP contribution in [-0.2, 0) is 23.8 Å². The Kier molecular flexibility index (Phi) is 5.34. The highest BCUT2D eigenvalue weighted by Crippen LogP contribution is 2.00. The SMILES string of the molecule is CCO/C(=C\C(=O)OC)C(=O)OC. The molecular formula is C8H12O5. The van der Waals surface area contributed by atoms with Crippen molar-refractivity contribution in [1.29, 1.82) is 0 Å². The van der Waals surface area contributed by atoms with E-state index in [9.17, 15) is 9.59 Å². The number of carbonyl (C=O) groups excluding carboxylic acids is 2. The number of hydrogen-bond donors (Lipinski definition) is 0. The van der Waals surface area contributed by atoms with Crippen molar-refractivity contribution >= 4 is 11.9 Å². The molecule has 0 bridgehead atoms. The summed E-state index contributed by atoms with van der Waals surface area (Å²) >= 11 is 0. The van der Waals surface area contributed by atoms with Gasteiger partial charge >= 0.3 is 11.9 Å². The van der Waals surface area contributed by atoms with Crippen molar-refractivity contribution in [2.75, 3.05) is 20.8 Å². The molecule has 0 heterocycles. The zero-order valence-corrected chi connectivity index (χ0v) is 7.83. The van der Waals surface area contributed by atoms with Crippen molar-refractivity contribution in [2.24, 2.45) is 0 Å². The lowest BCUT2D eigenvalue weighted by Crippen LogP contribution is -2.11. The Balaban J connectivity index is 4.48. The highest BCUT2D eigenvalue weighted by Gasteiger charge is 2.12. The molecule has 0 radical (unpaired) electrons. The van der Waals surface area contributed by atoms with E-state index in [4.69, 9.17) is 4.74 Å². The molecule has 0 aliphatic carbocycles. The maximum atomic E-state index is 10.9. The Morgan fingerprint density at radius 3 is 2.23 bits per heavy atom. The van der Waals surface area contributed by atoms with Gasteiger partial charge in [-0.05, 0) is 6.92 Å². The van der Waals surface area contributed by atoms with E-state index in [1.54, 1.807) is 6.92 Å². The Labute approximate surface area is 76.3 Å². The normalized spacial score (nSPS) is 10.5. The molecular weight excluding hydrogens is 176 g/mol. The van der Waals surface area contributed by atoms with Gasteiger partial charge in [0.1, 0.15) is 0 Å². The topological polar surface area (TPSA) is 61.8 Å². The minimum atomic E-state index is -0.702. The largest absolute Gasteiger partial charge is 0.487 e. The third-order valence-electron chi connectivity index (χ3n) is 1.14. The maximum absolute atomic E-state index is 10.9. The molecule has 13 heavy (non-hydrogen) atoms. The van der Waals surface area contributed by atoms with Gasteiger partial charge in [0.05, 0.1) is 26.9 Å². The molecule has 0 saturated carbocycles. The molecule has 0 aliphatic rings. The Morgan fingerprint density at radius 1 is 1.23 bits per heavy atom. The van der Waals surface area contributed by atoms with Gasteiger partial charge in [-0.3, -0.25) is 0 Å². The first-order chi connectivity index (χ1) is 6.15. The van der Waals surface area contributed by atoms with Crippen molar-refractivity contribution in [3.05, 3.63) is 11.8 Å². The Morgan fingerprint density at radius 2 is 1.85 bits per heavy atom. The van der Waals surface area contributed by atoms with Crippen LogP contribution in [0.25, 0.3) is 0 Å². The van der Waals surface area contributed by atoms with Crippen LogP contribution in [0, 0.1) is 0 Å². The molecule has 0 N–H and O–H groups in total. The first kappa shape index (κ1) is 11.5. The molecule has 0 amide bonds. The molecule has 0 spiro atoms. The molecule has 0 fully saturated rings. The van der Waals surface area contributed by atoms with Gasteiger partial charge in [0, 0.05) is 0 Å². The predicted octanol–water partition coefficient (Wildman–Crippen LogP) is 0.253. The second-order valence-electron chi connectivity index (χ2n) is 1.96. The van der Waals surface area contributed by atoms with Crippen LogP contribution in [0.2, 0.25) is 0 Å². The molecule has 0 rings (SSSR count). The summed E-state index contributed by atoms with van der Waals surface area (Å²) < 4.78 is 13.5. The number of esters is 2. The summed E-state index contributed by atoms with van der Waals surface area (Å²) in [6.45, 7) is 1.96. The molecule has 0 unspecified atom stereocenters. The van der Waals surface area contributed by atoms with Crippen molar-refractivity contribution in [3.63, 3.8) is 0 Å². The van der Waals surface area contributed by atoms with Crippen molar-refractivity contribution in [3.8, 4) is 0 Å². The fourth-order valence-corrected chi connectivity index (χ4v) is 0.582. The fraction of sp³-hybridized carbons (Fsp3) is 0.500. The van der Waals surface area contributed by atoms with E-state index in [0.29, 0.717) is 0 Å². The highest BCUT2D eigenvalue weighted by atomic mass is 16.6. The lowest BCUT2D eigenvalue weighted by Gasteiger charge is -2.04. The molecule has 0 aromatic rings. The molecule has 0 aromatic heterocycles. The molecule has 0 atom stereocenters. The smallest absolute Gasteiger partial charge is 0.373 e. The van der Waals surface area contributed by atoms with E-state index < -0.39 is 11.9 Å². The monoisotopic (exact) mass is 188 g/mol. The lowest BCUT2D eigenvalue weighted by atomic mass is 10.4. The van der Waals surface area contributed by atoms with Gasteiger partial charge in [-0.25, -0.2) is 9.59 Å². The van der Waals surface area contributed by atoms with E-state index >= 15 is 0 Å². The summed E-state index contributed by atoms with van der Waals surface area (Å²) in [5, 5.41) is 0. The first-order valence-corrected chi connectivity index (χ1v) is 3.66. The summed E-state index contributed by atoms with van der Waals surface area (Å²) in [7, 11) is 2.41. The van der Waals surface area contributed by atoms with E-state index in [1.807, 2.05) is 0 Å². The van der Waals surface area contributed by atoms with E-state index in [2.05, 4.69) is 9.47 Å². The van der Waals surface area contributed by atoms with Crippen LogP contribution in [0.15, 0.2) is 11.8 Å². The van der Waals surface area contributed by atoms with Crippen molar-refractivity contribution < 1.29 is 23.8 Å². The average molecular weight is 188 g/mol. The standard InChI is InChI=1S/C8H12O5/c1-4-13-6(8(10)12-3)5-7(9)11-2/h5H,4H2,1-3H3/b6-5-. The molecule has 0 saturated heterocycles. The van der Waals surface area contributed by atoms with Gasteiger partial charge in [-0.15, -0.1) is 0 Å². The number of methoxy groups -OCH3 is 2. The van der Waals surface area contributed by atoms with Gasteiger partial charge in [-0.1, -0.05) is 0 Å². The number of ether oxygens (including phenoxy) is 3. The van der Waals surface area contributed by atoms with Crippen LogP contribution < -0.4 is 0 Å². The lowest BCUT2D eigenvalue weighted by molar-refractivity contribution is -0.142. The molecule has 5 heteroatoms. The number of carbonyl (C=O) groups is 2. The molecule has 74 valence electrons. The highest BCUT2D eigenvalue weighted by molar-refractivity contribution is 5.94. The summed E-state index contributed by atoms with van der Waals surface area (Å²) in [5.74, 6) is -1.52. The molecule has 5 nitrogen and oxygen atoms in total. The Bertz CT molecular complexity index is 219. The Hall–Kier alpha value is -1.52. The summed E-state index contributed by atoms with van der Waals surface area (Å²) in [6.07, 6.45) is 0.940. The van der Waals surface area contributed by atoms with Gasteiger partial charge in [0.2, 0.25) is 5.76 Å². The summed E-state index contributed by atoms with van der Waals surface area (Å²) in [4.78, 5) is 21.7. The van der Waals surface area contributed by atoms with Gasteiger partial charge in [0.25, 0.3) is 0 Å². The van der Waals surface area contributed by atoms with E-state index in [1.165, 1.54) is 14.2 Å². The van der Waals surface area contributed by atoms with Crippen LogP contribution in [0.3, 0.4) is 0 Å². The second kappa shape index (κ2) is 6.05. The second-order valence-corrected chi connectivity index (χ2v) is 1.96. The van der Waals surface area contributed by atoms with Crippen molar-refractivity contribution in [2.45, 2.75) is 6.92 Å². The summed E-state index contributed by atoms with van der Waals surface area (Å²) in [5.41, 5.74) is 0. The minimum Gasteiger partial charge on any atom is -0.487 e. The minimum absolute atomic E-state index is 0.156. The van der Waals surface area contributed by atoms with Gasteiger partial charge < -0.3 is 14.2 Å². The molecule has 0 aromatic carbocycles. The zero-order chi connectivity index (χ0) is 10.3. The summed E-state index contributed by atoms with van der Waals surface area (Å²) in [6, 6.07) is 0. The van der Waals surface area contributed by atoms with Crippen LogP contribution in [0.5, 0.6) is 0 Å². The zero-order valence-electron chi connectivity index (χ0n) is 7.83. The molecule has 0 aliphatic heterocycles.